The molecule has 1 heterocycles. The molecule has 0 saturated carbocycles. The number of furan rings is 1. The van der Waals surface area contributed by atoms with Crippen LogP contribution in [0.25, 0.3) is 0 Å². The molecule has 1 aromatic heterocycles. The molecule has 0 aliphatic carbocycles. The van der Waals surface area contributed by atoms with E-state index in [9.17, 15) is 8.42 Å². The molecule has 1 aromatic rings. The minimum absolute atomic E-state index is 0.201. The Bertz CT molecular complexity index is 436. The van der Waals surface area contributed by atoms with Crippen molar-refractivity contribution in [2.75, 3.05) is 13.6 Å². The van der Waals surface area contributed by atoms with Crippen LogP contribution in [0.1, 0.15) is 18.4 Å². The molecule has 0 fully saturated rings. The molecule has 0 spiro atoms. The zero-order chi connectivity index (χ0) is 11.6. The van der Waals surface area contributed by atoms with Gasteiger partial charge in [0.25, 0.3) is 0 Å². The van der Waals surface area contributed by atoms with E-state index in [-0.39, 0.29) is 11.4 Å². The molecular formula is C9H16N2O3S. The van der Waals surface area contributed by atoms with E-state index in [0.717, 1.165) is 0 Å². The Hall–Kier alpha value is -0.850. The predicted octanol–water partition coefficient (Wildman–Crippen LogP) is 0.687. The van der Waals surface area contributed by atoms with Crippen LogP contribution >= 0.6 is 0 Å². The highest BCUT2D eigenvalue weighted by Gasteiger charge is 2.24. The molecule has 0 unspecified atom stereocenters. The standard InChI is InChI=1S/C9H16N2O3S/c1-4-11(3)15(12,13)9-5-8(6-10)14-7(9)2/h5H,4,6,10H2,1-3H3. The van der Waals surface area contributed by atoms with Crippen LogP contribution in [-0.4, -0.2) is 26.3 Å². The third-order valence-corrected chi connectivity index (χ3v) is 4.30. The number of sulfonamides is 1. The van der Waals surface area contributed by atoms with Gasteiger partial charge in [-0.05, 0) is 6.92 Å². The lowest BCUT2D eigenvalue weighted by atomic mass is 10.4. The average Bonchev–Trinajstić information content (AvgIpc) is 2.58. The molecule has 6 heteroatoms. The smallest absolute Gasteiger partial charge is 0.246 e. The largest absolute Gasteiger partial charge is 0.464 e. The Morgan fingerprint density at radius 1 is 1.53 bits per heavy atom. The van der Waals surface area contributed by atoms with E-state index in [1.807, 2.05) is 0 Å². The van der Waals surface area contributed by atoms with Gasteiger partial charge in [-0.2, -0.15) is 0 Å². The maximum absolute atomic E-state index is 11.9. The SMILES string of the molecule is CCN(C)S(=O)(=O)c1cc(CN)oc1C. The molecule has 0 amide bonds. The summed E-state index contributed by atoms with van der Waals surface area (Å²) >= 11 is 0. The summed E-state index contributed by atoms with van der Waals surface area (Å²) in [5.74, 6) is 0.867. The first-order valence-corrected chi connectivity index (χ1v) is 6.13. The zero-order valence-electron chi connectivity index (χ0n) is 9.15. The van der Waals surface area contributed by atoms with Crippen molar-refractivity contribution in [3.8, 4) is 0 Å². The van der Waals surface area contributed by atoms with Gasteiger partial charge in [0.05, 0.1) is 6.54 Å². The maximum Gasteiger partial charge on any atom is 0.246 e. The van der Waals surface area contributed by atoms with E-state index >= 15 is 0 Å². The second-order valence-electron chi connectivity index (χ2n) is 3.26. The van der Waals surface area contributed by atoms with E-state index in [4.69, 9.17) is 10.2 Å². The van der Waals surface area contributed by atoms with Gasteiger partial charge in [-0.3, -0.25) is 0 Å². The Balaban J connectivity index is 3.21. The van der Waals surface area contributed by atoms with Crippen LogP contribution < -0.4 is 5.73 Å². The molecule has 86 valence electrons. The number of nitrogens with zero attached hydrogens (tertiary/aromatic N) is 1. The lowest BCUT2D eigenvalue weighted by Crippen LogP contribution is -2.26. The van der Waals surface area contributed by atoms with Gasteiger partial charge < -0.3 is 10.2 Å². The molecule has 0 aromatic carbocycles. The summed E-state index contributed by atoms with van der Waals surface area (Å²) in [5.41, 5.74) is 5.38. The van der Waals surface area contributed by atoms with Gasteiger partial charge in [-0.25, -0.2) is 12.7 Å². The van der Waals surface area contributed by atoms with Gasteiger partial charge in [-0.15, -0.1) is 0 Å². The molecule has 0 aliphatic rings. The highest BCUT2D eigenvalue weighted by molar-refractivity contribution is 7.89. The first kappa shape index (κ1) is 12.2. The summed E-state index contributed by atoms with van der Waals surface area (Å²) in [6.45, 7) is 4.02. The van der Waals surface area contributed by atoms with E-state index in [1.54, 1.807) is 13.8 Å². The van der Waals surface area contributed by atoms with Crippen LogP contribution in [-0.2, 0) is 16.6 Å². The third kappa shape index (κ3) is 2.22. The number of rotatable bonds is 4. The minimum atomic E-state index is -3.42. The maximum atomic E-state index is 11.9. The van der Waals surface area contributed by atoms with Crippen molar-refractivity contribution >= 4 is 10.0 Å². The average molecular weight is 232 g/mol. The zero-order valence-corrected chi connectivity index (χ0v) is 9.97. The highest BCUT2D eigenvalue weighted by Crippen LogP contribution is 2.22. The Morgan fingerprint density at radius 2 is 2.13 bits per heavy atom. The highest BCUT2D eigenvalue weighted by atomic mass is 32.2. The molecular weight excluding hydrogens is 216 g/mol. The normalized spacial score (nSPS) is 12.3. The van der Waals surface area contributed by atoms with Gasteiger partial charge in [0.2, 0.25) is 10.0 Å². The molecule has 0 bridgehead atoms. The van der Waals surface area contributed by atoms with E-state index in [0.29, 0.717) is 18.1 Å². The number of hydrogen-bond donors (Lipinski definition) is 1. The molecule has 0 radical (unpaired) electrons. The van der Waals surface area contributed by atoms with Gasteiger partial charge >= 0.3 is 0 Å². The van der Waals surface area contributed by atoms with E-state index in [2.05, 4.69) is 0 Å². The van der Waals surface area contributed by atoms with Crippen LogP contribution in [0.4, 0.5) is 0 Å². The Kier molecular flexibility index (Phi) is 3.54. The van der Waals surface area contributed by atoms with Crippen molar-refractivity contribution in [2.45, 2.75) is 25.3 Å². The summed E-state index contributed by atoms with van der Waals surface area (Å²) < 4.78 is 30.4. The number of nitrogens with two attached hydrogens (primary N) is 1. The summed E-state index contributed by atoms with van der Waals surface area (Å²) in [5, 5.41) is 0. The first-order chi connectivity index (χ1) is 6.93. The van der Waals surface area contributed by atoms with Crippen molar-refractivity contribution in [3.05, 3.63) is 17.6 Å². The monoisotopic (exact) mass is 232 g/mol. The lowest BCUT2D eigenvalue weighted by Gasteiger charge is -2.13. The van der Waals surface area contributed by atoms with Gasteiger partial charge in [0.1, 0.15) is 16.4 Å². The van der Waals surface area contributed by atoms with Crippen molar-refractivity contribution in [1.82, 2.24) is 4.31 Å². The minimum Gasteiger partial charge on any atom is -0.464 e. The Morgan fingerprint density at radius 3 is 2.53 bits per heavy atom. The topological polar surface area (TPSA) is 76.5 Å². The van der Waals surface area contributed by atoms with Gasteiger partial charge in [0, 0.05) is 19.7 Å². The van der Waals surface area contributed by atoms with Crippen LogP contribution in [0.5, 0.6) is 0 Å². The second-order valence-corrected chi connectivity index (χ2v) is 5.27. The van der Waals surface area contributed by atoms with Crippen molar-refractivity contribution in [3.63, 3.8) is 0 Å². The molecule has 15 heavy (non-hydrogen) atoms. The molecule has 0 atom stereocenters. The van der Waals surface area contributed by atoms with Gasteiger partial charge in [-0.1, -0.05) is 6.92 Å². The number of hydrogen-bond acceptors (Lipinski definition) is 4. The fraction of sp³-hybridized carbons (Fsp3) is 0.556. The fourth-order valence-corrected chi connectivity index (χ4v) is 2.58. The van der Waals surface area contributed by atoms with Gasteiger partial charge in [0.15, 0.2) is 0 Å². The lowest BCUT2D eigenvalue weighted by molar-refractivity contribution is 0.467. The second kappa shape index (κ2) is 4.34. The van der Waals surface area contributed by atoms with Crippen molar-refractivity contribution in [2.24, 2.45) is 5.73 Å². The number of aryl methyl sites for hydroxylation is 1. The summed E-state index contributed by atoms with van der Waals surface area (Å²) in [7, 11) is -1.89. The predicted molar refractivity (Wildman–Crippen MR) is 56.8 cm³/mol. The van der Waals surface area contributed by atoms with Crippen LogP contribution in [0.15, 0.2) is 15.4 Å². The van der Waals surface area contributed by atoms with Crippen molar-refractivity contribution in [1.29, 1.82) is 0 Å². The summed E-state index contributed by atoms with van der Waals surface area (Å²) in [6, 6.07) is 1.48. The quantitative estimate of drug-likeness (QED) is 0.828. The Labute approximate surface area is 89.9 Å². The summed E-state index contributed by atoms with van der Waals surface area (Å²) in [6.07, 6.45) is 0. The van der Waals surface area contributed by atoms with E-state index < -0.39 is 10.0 Å². The molecule has 0 saturated heterocycles. The molecule has 5 nitrogen and oxygen atoms in total. The summed E-state index contributed by atoms with van der Waals surface area (Å²) in [4.78, 5) is 0.201. The molecule has 1 rings (SSSR count). The molecule has 0 aliphatic heterocycles. The van der Waals surface area contributed by atoms with Crippen LogP contribution in [0.2, 0.25) is 0 Å². The van der Waals surface area contributed by atoms with Crippen LogP contribution in [0.3, 0.4) is 0 Å². The van der Waals surface area contributed by atoms with E-state index in [1.165, 1.54) is 17.4 Å². The van der Waals surface area contributed by atoms with Crippen molar-refractivity contribution < 1.29 is 12.8 Å². The fourth-order valence-electron chi connectivity index (χ4n) is 1.22. The molecule has 2 N–H and O–H groups in total. The first-order valence-electron chi connectivity index (χ1n) is 4.69. The van der Waals surface area contributed by atoms with Crippen LogP contribution in [0, 0.1) is 6.92 Å². The third-order valence-electron chi connectivity index (χ3n) is 2.26.